The molecule has 0 aliphatic carbocycles. The van der Waals surface area contributed by atoms with Crippen LogP contribution >= 0.6 is 0 Å². The average Bonchev–Trinajstić information content (AvgIpc) is 3.03. The summed E-state index contributed by atoms with van der Waals surface area (Å²) in [6.45, 7) is 9.42. The number of hydrogen-bond acceptors (Lipinski definition) is 5. The topological polar surface area (TPSA) is 77.1 Å². The first-order valence-corrected chi connectivity index (χ1v) is 9.63. The minimum absolute atomic E-state index is 0.297. The van der Waals surface area contributed by atoms with Gasteiger partial charge in [-0.25, -0.2) is 4.79 Å². The van der Waals surface area contributed by atoms with Gasteiger partial charge in [-0.2, -0.15) is 4.98 Å². The van der Waals surface area contributed by atoms with E-state index in [0.29, 0.717) is 23.8 Å². The minimum atomic E-state index is -0.352. The van der Waals surface area contributed by atoms with Crippen molar-refractivity contribution in [2.75, 3.05) is 24.5 Å². The summed E-state index contributed by atoms with van der Waals surface area (Å²) < 4.78 is 4.58. The maximum Gasteiger partial charge on any atom is 0.332 e. The van der Waals surface area contributed by atoms with E-state index in [-0.39, 0.29) is 11.2 Å². The number of allylic oxidation sites excluding steroid dienone is 2. The molecule has 0 radical (unpaired) electrons. The van der Waals surface area contributed by atoms with E-state index in [0.717, 1.165) is 43.0 Å². The largest absolute Gasteiger partial charge is 0.341 e. The van der Waals surface area contributed by atoms with Gasteiger partial charge in [0.25, 0.3) is 5.56 Å². The second-order valence-electron chi connectivity index (χ2n) is 7.52. The average molecular weight is 374 g/mol. The number of likely N-dealkylation sites (N-methyl/N-ethyl adjacent to an activating group) is 1. The molecule has 1 fully saturated rings. The maximum atomic E-state index is 12.9. The second-order valence-corrected chi connectivity index (χ2v) is 7.52. The fourth-order valence-corrected chi connectivity index (χ4v) is 3.74. The highest BCUT2D eigenvalue weighted by molar-refractivity contribution is 5.74. The quantitative estimate of drug-likeness (QED) is 0.790. The van der Waals surface area contributed by atoms with Crippen LogP contribution in [0.15, 0.2) is 21.2 Å². The van der Waals surface area contributed by atoms with Gasteiger partial charge >= 0.3 is 5.69 Å². The predicted octanol–water partition coefficient (Wildman–Crippen LogP) is 0.978. The Balaban J connectivity index is 2.19. The Morgan fingerprint density at radius 2 is 2.00 bits per heavy atom. The Morgan fingerprint density at radius 1 is 1.26 bits per heavy atom. The number of imidazole rings is 1. The number of nitrogens with zero attached hydrogens (tertiary/aromatic N) is 5. The van der Waals surface area contributed by atoms with Crippen LogP contribution in [0.25, 0.3) is 11.2 Å². The molecule has 3 rings (SSSR count). The normalized spacial score (nSPS) is 17.5. The molecule has 2 aromatic heterocycles. The summed E-state index contributed by atoms with van der Waals surface area (Å²) in [5, 5.41) is 3.52. The SMILES string of the molecule is CCNC1CCCN(c2nc3c(c(=O)n(C)c(=O)n3C)n2CC=C(C)C)C1. The van der Waals surface area contributed by atoms with E-state index in [1.54, 1.807) is 7.05 Å². The van der Waals surface area contributed by atoms with E-state index in [9.17, 15) is 9.59 Å². The smallest absolute Gasteiger partial charge is 0.332 e. The Kier molecular flexibility index (Phi) is 5.55. The molecule has 0 spiro atoms. The summed E-state index contributed by atoms with van der Waals surface area (Å²) in [7, 11) is 3.19. The van der Waals surface area contributed by atoms with Crippen LogP contribution in [0.1, 0.15) is 33.6 Å². The molecule has 1 N–H and O–H groups in total. The molecule has 148 valence electrons. The van der Waals surface area contributed by atoms with Crippen LogP contribution < -0.4 is 21.5 Å². The molecule has 27 heavy (non-hydrogen) atoms. The highest BCUT2D eigenvalue weighted by atomic mass is 16.2. The third-order valence-electron chi connectivity index (χ3n) is 5.21. The highest BCUT2D eigenvalue weighted by Gasteiger charge is 2.26. The zero-order valence-electron chi connectivity index (χ0n) is 16.9. The van der Waals surface area contributed by atoms with Crippen LogP contribution in [0.4, 0.5) is 5.95 Å². The van der Waals surface area contributed by atoms with Crippen molar-refractivity contribution in [3.05, 3.63) is 32.5 Å². The van der Waals surface area contributed by atoms with E-state index < -0.39 is 0 Å². The third kappa shape index (κ3) is 3.58. The summed E-state index contributed by atoms with van der Waals surface area (Å²) in [4.78, 5) is 32.2. The first-order valence-electron chi connectivity index (χ1n) is 9.63. The molecule has 8 nitrogen and oxygen atoms in total. The van der Waals surface area contributed by atoms with Crippen LogP contribution in [-0.2, 0) is 20.6 Å². The first kappa shape index (κ1) is 19.4. The van der Waals surface area contributed by atoms with Gasteiger partial charge in [0.1, 0.15) is 0 Å². The van der Waals surface area contributed by atoms with Crippen LogP contribution in [0.3, 0.4) is 0 Å². The van der Waals surface area contributed by atoms with E-state index >= 15 is 0 Å². The molecule has 0 aromatic carbocycles. The molecular weight excluding hydrogens is 344 g/mol. The summed E-state index contributed by atoms with van der Waals surface area (Å²) >= 11 is 0. The fourth-order valence-electron chi connectivity index (χ4n) is 3.74. The minimum Gasteiger partial charge on any atom is -0.341 e. The Morgan fingerprint density at radius 3 is 2.67 bits per heavy atom. The van der Waals surface area contributed by atoms with Crippen molar-refractivity contribution in [1.29, 1.82) is 0 Å². The Hall–Kier alpha value is -2.35. The van der Waals surface area contributed by atoms with Crippen LogP contribution in [0.5, 0.6) is 0 Å². The van der Waals surface area contributed by atoms with Gasteiger partial charge in [0.05, 0.1) is 0 Å². The molecule has 1 atom stereocenters. The van der Waals surface area contributed by atoms with Crippen LogP contribution in [0.2, 0.25) is 0 Å². The lowest BCUT2D eigenvalue weighted by molar-refractivity contribution is 0.425. The van der Waals surface area contributed by atoms with E-state index in [2.05, 4.69) is 23.2 Å². The van der Waals surface area contributed by atoms with Crippen LogP contribution in [0, 0.1) is 0 Å². The third-order valence-corrected chi connectivity index (χ3v) is 5.21. The van der Waals surface area contributed by atoms with Gasteiger partial charge in [-0.1, -0.05) is 18.6 Å². The highest BCUT2D eigenvalue weighted by Crippen LogP contribution is 2.23. The van der Waals surface area contributed by atoms with Gasteiger partial charge in [0.15, 0.2) is 11.2 Å². The van der Waals surface area contributed by atoms with Gasteiger partial charge in [-0.3, -0.25) is 13.9 Å². The second kappa shape index (κ2) is 7.72. The molecule has 1 unspecified atom stereocenters. The van der Waals surface area contributed by atoms with Crippen molar-refractivity contribution in [1.82, 2.24) is 24.0 Å². The van der Waals surface area contributed by atoms with Crippen molar-refractivity contribution < 1.29 is 0 Å². The van der Waals surface area contributed by atoms with Crippen molar-refractivity contribution in [2.24, 2.45) is 14.1 Å². The lowest BCUT2D eigenvalue weighted by Crippen LogP contribution is -2.46. The molecule has 2 aromatic rings. The number of hydrogen-bond donors (Lipinski definition) is 1. The molecule has 1 aliphatic heterocycles. The van der Waals surface area contributed by atoms with Crippen molar-refractivity contribution in [3.63, 3.8) is 0 Å². The van der Waals surface area contributed by atoms with Gasteiger partial charge in [-0.15, -0.1) is 0 Å². The van der Waals surface area contributed by atoms with E-state index in [1.807, 2.05) is 18.4 Å². The molecule has 1 aliphatic rings. The first-order chi connectivity index (χ1) is 12.8. The Bertz CT molecular complexity index is 975. The van der Waals surface area contributed by atoms with E-state index in [4.69, 9.17) is 4.98 Å². The van der Waals surface area contributed by atoms with Gasteiger partial charge in [-0.05, 0) is 33.2 Å². The number of anilines is 1. The summed E-state index contributed by atoms with van der Waals surface area (Å²) in [5.74, 6) is 0.767. The number of piperidine rings is 1. The summed E-state index contributed by atoms with van der Waals surface area (Å²) in [5.41, 5.74) is 1.46. The fraction of sp³-hybridized carbons (Fsp3) is 0.632. The zero-order chi connectivity index (χ0) is 19.7. The van der Waals surface area contributed by atoms with Crippen molar-refractivity contribution >= 4 is 17.1 Å². The maximum absolute atomic E-state index is 12.9. The molecule has 8 heteroatoms. The monoisotopic (exact) mass is 374 g/mol. The van der Waals surface area contributed by atoms with Gasteiger partial charge in [0, 0.05) is 39.8 Å². The predicted molar refractivity (Wildman–Crippen MR) is 109 cm³/mol. The Labute approximate surface area is 159 Å². The van der Waals surface area contributed by atoms with Gasteiger partial charge < -0.3 is 14.8 Å². The molecule has 0 amide bonds. The molecule has 0 bridgehead atoms. The molecular formula is C19H30N6O2. The number of aromatic nitrogens is 4. The van der Waals surface area contributed by atoms with E-state index in [1.165, 1.54) is 17.2 Å². The number of fused-ring (bicyclic) bond motifs is 1. The standard InChI is InChI=1S/C19H30N6O2/c1-6-20-14-8-7-10-24(12-14)18-21-16-15(25(18)11-9-13(2)3)17(26)23(5)19(27)22(16)4/h9,14,20H,6-8,10-12H2,1-5H3. The lowest BCUT2D eigenvalue weighted by atomic mass is 10.1. The molecule has 3 heterocycles. The number of aryl methyl sites for hydroxylation is 1. The zero-order valence-corrected chi connectivity index (χ0v) is 16.9. The molecule has 0 saturated carbocycles. The lowest BCUT2D eigenvalue weighted by Gasteiger charge is -2.34. The van der Waals surface area contributed by atoms with Crippen LogP contribution in [-0.4, -0.2) is 44.4 Å². The van der Waals surface area contributed by atoms with Crippen molar-refractivity contribution in [3.8, 4) is 0 Å². The summed E-state index contributed by atoms with van der Waals surface area (Å²) in [6.07, 6.45) is 4.29. The summed E-state index contributed by atoms with van der Waals surface area (Å²) in [6, 6.07) is 0.409. The van der Waals surface area contributed by atoms with Crippen molar-refractivity contribution in [2.45, 2.75) is 46.2 Å². The van der Waals surface area contributed by atoms with Gasteiger partial charge in [0.2, 0.25) is 5.95 Å². The number of nitrogens with one attached hydrogen (secondary N) is 1. The molecule has 1 saturated heterocycles. The number of rotatable bonds is 5.